The highest BCUT2D eigenvalue weighted by Gasteiger charge is 2.42. The van der Waals surface area contributed by atoms with Crippen LogP contribution >= 0.6 is 0 Å². The number of para-hydroxylation sites is 1. The second-order valence-corrected chi connectivity index (χ2v) is 7.15. The fourth-order valence-electron chi connectivity index (χ4n) is 3.34. The Morgan fingerprint density at radius 3 is 2.44 bits per heavy atom. The molecule has 1 N–H and O–H groups in total. The van der Waals surface area contributed by atoms with E-state index < -0.39 is 23.8 Å². The van der Waals surface area contributed by atoms with E-state index in [0.717, 1.165) is 6.07 Å². The van der Waals surface area contributed by atoms with Crippen molar-refractivity contribution in [3.05, 3.63) is 41.8 Å². The number of fused-ring (bicyclic) bond motifs is 3. The van der Waals surface area contributed by atoms with Gasteiger partial charge < -0.3 is 14.2 Å². The van der Waals surface area contributed by atoms with Crippen LogP contribution in [-0.4, -0.2) is 45.3 Å². The lowest BCUT2D eigenvalue weighted by atomic mass is 10.1. The van der Waals surface area contributed by atoms with E-state index in [-0.39, 0.29) is 22.8 Å². The van der Waals surface area contributed by atoms with Gasteiger partial charge in [0.2, 0.25) is 17.8 Å². The number of alkyl halides is 3. The van der Waals surface area contributed by atoms with E-state index in [1.165, 1.54) is 12.1 Å². The monoisotopic (exact) mass is 475 g/mol. The SMILES string of the molecule is Cc1nc(Nc2nc(OC(=O)C(F)(F)F)c3cccc(F)c3n2)nc2cc3c(cc12)OCCO3. The van der Waals surface area contributed by atoms with Crippen LogP contribution in [0.3, 0.4) is 0 Å². The number of halogens is 4. The van der Waals surface area contributed by atoms with E-state index in [9.17, 15) is 22.4 Å². The molecule has 34 heavy (non-hydrogen) atoms. The van der Waals surface area contributed by atoms with Gasteiger partial charge in [0, 0.05) is 11.5 Å². The molecule has 4 aromatic rings. The molecular weight excluding hydrogens is 462 g/mol. The Hall–Kier alpha value is -4.29. The molecule has 0 aliphatic carbocycles. The summed E-state index contributed by atoms with van der Waals surface area (Å²) < 4.78 is 68.0. The lowest BCUT2D eigenvalue weighted by molar-refractivity contribution is -0.189. The Kier molecular flexibility index (Phi) is 5.03. The van der Waals surface area contributed by atoms with Crippen LogP contribution in [-0.2, 0) is 4.79 Å². The molecule has 2 aromatic carbocycles. The molecule has 0 saturated carbocycles. The topological polar surface area (TPSA) is 108 Å². The smallest absolute Gasteiger partial charge is 0.486 e. The number of nitrogens with one attached hydrogen (secondary N) is 1. The third-order valence-corrected chi connectivity index (χ3v) is 4.84. The number of carbonyl (C=O) groups is 1. The lowest BCUT2D eigenvalue weighted by Gasteiger charge is -2.19. The summed E-state index contributed by atoms with van der Waals surface area (Å²) >= 11 is 0. The maximum absolute atomic E-state index is 14.4. The van der Waals surface area contributed by atoms with Crippen molar-refractivity contribution in [2.24, 2.45) is 0 Å². The van der Waals surface area contributed by atoms with Gasteiger partial charge in [0.05, 0.1) is 16.6 Å². The van der Waals surface area contributed by atoms with Crippen LogP contribution < -0.4 is 19.5 Å². The van der Waals surface area contributed by atoms with Crippen molar-refractivity contribution in [1.29, 1.82) is 0 Å². The van der Waals surface area contributed by atoms with E-state index in [0.29, 0.717) is 41.3 Å². The summed E-state index contributed by atoms with van der Waals surface area (Å²) in [5, 5.41) is 3.09. The van der Waals surface area contributed by atoms with Crippen molar-refractivity contribution in [3.8, 4) is 17.4 Å². The average Bonchev–Trinajstić information content (AvgIpc) is 2.78. The molecule has 174 valence electrons. The second-order valence-electron chi connectivity index (χ2n) is 7.15. The molecule has 3 heterocycles. The van der Waals surface area contributed by atoms with Crippen LogP contribution in [0, 0.1) is 12.7 Å². The molecule has 2 aromatic heterocycles. The van der Waals surface area contributed by atoms with E-state index in [1.54, 1.807) is 19.1 Å². The summed E-state index contributed by atoms with van der Waals surface area (Å²) in [5.74, 6) is -3.49. The first-order valence-corrected chi connectivity index (χ1v) is 9.79. The number of ether oxygens (including phenoxy) is 3. The van der Waals surface area contributed by atoms with E-state index in [4.69, 9.17) is 9.47 Å². The molecule has 0 radical (unpaired) electrons. The number of benzene rings is 2. The van der Waals surface area contributed by atoms with Crippen molar-refractivity contribution in [2.45, 2.75) is 13.1 Å². The number of anilines is 2. The van der Waals surface area contributed by atoms with Crippen LogP contribution in [0.1, 0.15) is 5.69 Å². The van der Waals surface area contributed by atoms with Crippen molar-refractivity contribution >= 4 is 39.7 Å². The molecule has 9 nitrogen and oxygen atoms in total. The fourth-order valence-corrected chi connectivity index (χ4v) is 3.34. The van der Waals surface area contributed by atoms with Crippen LogP contribution in [0.15, 0.2) is 30.3 Å². The maximum Gasteiger partial charge on any atom is 0.491 e. The zero-order chi connectivity index (χ0) is 24.0. The number of carbonyl (C=O) groups excluding carboxylic acids is 1. The van der Waals surface area contributed by atoms with Gasteiger partial charge in [-0.3, -0.25) is 5.32 Å². The molecule has 13 heteroatoms. The second kappa shape index (κ2) is 7.93. The molecule has 0 fully saturated rings. The molecule has 1 aliphatic heterocycles. The van der Waals surface area contributed by atoms with Crippen molar-refractivity contribution in [1.82, 2.24) is 19.9 Å². The Balaban J connectivity index is 1.57. The van der Waals surface area contributed by atoms with Gasteiger partial charge in [-0.25, -0.2) is 24.1 Å². The Morgan fingerprint density at radius 1 is 1.00 bits per heavy atom. The maximum atomic E-state index is 14.4. The predicted octanol–water partition coefficient (Wildman–Crippen LogP) is 4.00. The van der Waals surface area contributed by atoms with Gasteiger partial charge >= 0.3 is 12.1 Å². The molecule has 0 atom stereocenters. The quantitative estimate of drug-likeness (QED) is 0.347. The number of aryl methyl sites for hydroxylation is 1. The average molecular weight is 475 g/mol. The van der Waals surface area contributed by atoms with Crippen molar-refractivity contribution in [3.63, 3.8) is 0 Å². The standard InChI is InChI=1S/C21H13F4N5O4/c1-9-11-7-14-15(33-6-5-32-14)8-13(11)27-19(26-9)30-20-28-16-10(3-2-4-12(16)22)17(29-20)34-18(31)21(23,24)25/h2-4,7-8H,5-6H2,1H3,(H,26,27,28,29,30). The van der Waals surface area contributed by atoms with Gasteiger partial charge in [0.1, 0.15) is 24.5 Å². The van der Waals surface area contributed by atoms with E-state index in [2.05, 4.69) is 30.0 Å². The largest absolute Gasteiger partial charge is 0.491 e. The third-order valence-electron chi connectivity index (χ3n) is 4.84. The molecule has 1 aliphatic rings. The molecule has 0 bridgehead atoms. The Labute approximate surface area is 187 Å². The summed E-state index contributed by atoms with van der Waals surface area (Å²) in [6.45, 7) is 2.50. The number of hydrogen-bond donors (Lipinski definition) is 1. The Morgan fingerprint density at radius 2 is 1.71 bits per heavy atom. The highest BCUT2D eigenvalue weighted by molar-refractivity contribution is 5.89. The van der Waals surface area contributed by atoms with Crippen LogP contribution in [0.2, 0.25) is 0 Å². The first-order valence-electron chi connectivity index (χ1n) is 9.79. The van der Waals surface area contributed by atoms with E-state index in [1.807, 2.05) is 0 Å². The molecule has 0 unspecified atom stereocenters. The minimum absolute atomic E-state index is 0.0227. The van der Waals surface area contributed by atoms with Gasteiger partial charge in [0.25, 0.3) is 0 Å². The lowest BCUT2D eigenvalue weighted by Crippen LogP contribution is -2.28. The summed E-state index contributed by atoms with van der Waals surface area (Å²) in [5.41, 5.74) is 0.664. The van der Waals surface area contributed by atoms with Crippen LogP contribution in [0.5, 0.6) is 17.4 Å². The van der Waals surface area contributed by atoms with Gasteiger partial charge in [-0.05, 0) is 25.1 Å². The van der Waals surface area contributed by atoms with Gasteiger partial charge in [-0.2, -0.15) is 18.2 Å². The number of hydrogen-bond acceptors (Lipinski definition) is 9. The zero-order valence-electron chi connectivity index (χ0n) is 17.2. The molecule has 0 saturated heterocycles. The van der Waals surface area contributed by atoms with Gasteiger partial charge in [0.15, 0.2) is 11.5 Å². The van der Waals surface area contributed by atoms with E-state index >= 15 is 0 Å². The number of esters is 1. The van der Waals surface area contributed by atoms with Crippen LogP contribution in [0.25, 0.3) is 21.8 Å². The minimum atomic E-state index is -5.28. The highest BCUT2D eigenvalue weighted by atomic mass is 19.4. The fraction of sp³-hybridized carbons (Fsp3) is 0.190. The van der Waals surface area contributed by atoms with Gasteiger partial charge in [-0.15, -0.1) is 0 Å². The zero-order valence-corrected chi connectivity index (χ0v) is 17.2. The molecule has 5 rings (SSSR count). The number of aromatic nitrogens is 4. The summed E-state index contributed by atoms with van der Waals surface area (Å²) in [4.78, 5) is 27.8. The summed E-state index contributed by atoms with van der Waals surface area (Å²) in [7, 11) is 0. The number of nitrogens with zero attached hydrogens (tertiary/aromatic N) is 4. The third kappa shape index (κ3) is 3.95. The minimum Gasteiger partial charge on any atom is -0.486 e. The van der Waals surface area contributed by atoms with Crippen molar-refractivity contribution < 1.29 is 36.6 Å². The number of rotatable bonds is 3. The Bertz CT molecular complexity index is 1460. The summed E-state index contributed by atoms with van der Waals surface area (Å²) in [6, 6.07) is 6.89. The normalized spacial score (nSPS) is 13.2. The predicted molar refractivity (Wildman–Crippen MR) is 110 cm³/mol. The van der Waals surface area contributed by atoms with Crippen molar-refractivity contribution in [2.75, 3.05) is 18.5 Å². The first-order chi connectivity index (χ1) is 16.2. The molecular formula is C21H13F4N5O4. The van der Waals surface area contributed by atoms with Gasteiger partial charge in [-0.1, -0.05) is 6.07 Å². The highest BCUT2D eigenvalue weighted by Crippen LogP contribution is 2.35. The van der Waals surface area contributed by atoms with Crippen LogP contribution in [0.4, 0.5) is 29.5 Å². The molecule has 0 spiro atoms. The molecule has 0 amide bonds. The first kappa shape index (κ1) is 21.6. The summed E-state index contributed by atoms with van der Waals surface area (Å²) in [6.07, 6.45) is -5.28.